The summed E-state index contributed by atoms with van der Waals surface area (Å²) in [6, 6.07) is 30.2. The minimum Gasteiger partial charge on any atom is -0.493 e. The molecule has 0 saturated heterocycles. The summed E-state index contributed by atoms with van der Waals surface area (Å²) in [5, 5.41) is 7.08. The Morgan fingerprint density at radius 3 is 2.17 bits per heavy atom. The number of ether oxygens (including phenoxy) is 2. The van der Waals surface area contributed by atoms with Crippen LogP contribution >= 0.6 is 0 Å². The molecular formula is C29H23N3O4. The molecule has 36 heavy (non-hydrogen) atoms. The number of hydrogen-bond acceptors (Lipinski definition) is 6. The summed E-state index contributed by atoms with van der Waals surface area (Å²) < 4.78 is 16.2. The van der Waals surface area contributed by atoms with Crippen molar-refractivity contribution in [1.29, 1.82) is 0 Å². The van der Waals surface area contributed by atoms with E-state index in [4.69, 9.17) is 14.0 Å². The van der Waals surface area contributed by atoms with E-state index in [2.05, 4.69) is 15.5 Å². The Bertz CT molecular complexity index is 1500. The number of methoxy groups -OCH3 is 2. The number of nitrogens with zero attached hydrogens (tertiary/aromatic N) is 2. The Morgan fingerprint density at radius 2 is 1.42 bits per heavy atom. The van der Waals surface area contributed by atoms with E-state index in [1.807, 2.05) is 78.9 Å². The highest BCUT2D eigenvalue weighted by molar-refractivity contribution is 6.06. The van der Waals surface area contributed by atoms with Gasteiger partial charge in [-0.15, -0.1) is 0 Å². The van der Waals surface area contributed by atoms with Gasteiger partial charge in [0.25, 0.3) is 11.8 Å². The SMILES string of the molecule is COc1ccc(-c2noc(-c3ccccc3NC(=O)c3ccc(-c4ccccc4)cc3)n2)cc1OC. The number of carbonyl (C=O) groups is 1. The minimum atomic E-state index is -0.235. The van der Waals surface area contributed by atoms with Crippen LogP contribution in [0.4, 0.5) is 5.69 Å². The fraction of sp³-hybridized carbons (Fsp3) is 0.0690. The number of anilines is 1. The summed E-state index contributed by atoms with van der Waals surface area (Å²) in [7, 11) is 3.14. The van der Waals surface area contributed by atoms with Crippen molar-refractivity contribution in [2.45, 2.75) is 0 Å². The van der Waals surface area contributed by atoms with Crippen molar-refractivity contribution in [3.63, 3.8) is 0 Å². The first kappa shape index (κ1) is 22.9. The molecule has 0 aliphatic heterocycles. The number of amides is 1. The third-order valence-electron chi connectivity index (χ3n) is 5.73. The van der Waals surface area contributed by atoms with Crippen molar-refractivity contribution < 1.29 is 18.8 Å². The zero-order valence-electron chi connectivity index (χ0n) is 19.8. The number of carbonyl (C=O) groups excluding carboxylic acids is 1. The van der Waals surface area contributed by atoms with Gasteiger partial charge in [-0.2, -0.15) is 4.98 Å². The van der Waals surface area contributed by atoms with E-state index in [1.165, 1.54) is 0 Å². The van der Waals surface area contributed by atoms with Crippen molar-refractivity contribution in [3.8, 4) is 45.5 Å². The lowest BCUT2D eigenvalue weighted by Crippen LogP contribution is -2.12. The highest BCUT2D eigenvalue weighted by Gasteiger charge is 2.17. The van der Waals surface area contributed by atoms with Crippen LogP contribution in [0.5, 0.6) is 11.5 Å². The Balaban J connectivity index is 1.38. The predicted octanol–water partition coefficient (Wildman–Crippen LogP) is 6.34. The quantitative estimate of drug-likeness (QED) is 0.294. The Morgan fingerprint density at radius 1 is 0.750 bits per heavy atom. The molecule has 0 atom stereocenters. The maximum atomic E-state index is 13.0. The van der Waals surface area contributed by atoms with E-state index < -0.39 is 0 Å². The van der Waals surface area contributed by atoms with Crippen LogP contribution < -0.4 is 14.8 Å². The van der Waals surface area contributed by atoms with Crippen molar-refractivity contribution in [1.82, 2.24) is 10.1 Å². The fourth-order valence-electron chi connectivity index (χ4n) is 3.84. The summed E-state index contributed by atoms with van der Waals surface area (Å²) in [6.07, 6.45) is 0. The molecule has 7 nitrogen and oxygen atoms in total. The number of rotatable bonds is 7. The molecular weight excluding hydrogens is 454 g/mol. The lowest BCUT2D eigenvalue weighted by Gasteiger charge is -2.09. The topological polar surface area (TPSA) is 86.5 Å². The zero-order valence-corrected chi connectivity index (χ0v) is 19.8. The normalized spacial score (nSPS) is 10.6. The van der Waals surface area contributed by atoms with Gasteiger partial charge >= 0.3 is 0 Å². The van der Waals surface area contributed by atoms with Gasteiger partial charge in [-0.05, 0) is 53.6 Å². The second kappa shape index (κ2) is 10.1. The molecule has 5 aromatic rings. The molecule has 0 unspecified atom stereocenters. The summed E-state index contributed by atoms with van der Waals surface area (Å²) >= 11 is 0. The molecule has 0 aliphatic rings. The molecule has 7 heteroatoms. The van der Waals surface area contributed by atoms with Crippen LogP contribution in [0.15, 0.2) is 102 Å². The lowest BCUT2D eigenvalue weighted by atomic mass is 10.0. The molecule has 178 valence electrons. The van der Waals surface area contributed by atoms with E-state index in [9.17, 15) is 4.79 Å². The molecule has 0 fully saturated rings. The summed E-state index contributed by atoms with van der Waals surface area (Å²) in [5.74, 6) is 1.61. The molecule has 0 saturated carbocycles. The van der Waals surface area contributed by atoms with Gasteiger partial charge in [0.1, 0.15) is 0 Å². The number of hydrogen-bond donors (Lipinski definition) is 1. The standard InChI is InChI=1S/C29H23N3O4/c1-34-25-17-16-22(18-26(25)35-2)27-31-29(36-32-27)23-10-6-7-11-24(23)30-28(33)21-14-12-20(13-15-21)19-8-4-3-5-9-19/h3-18H,1-2H3,(H,30,33). The van der Waals surface area contributed by atoms with Gasteiger partial charge in [0.2, 0.25) is 5.82 Å². The summed E-state index contributed by atoms with van der Waals surface area (Å²) in [5.41, 5.74) is 4.57. The third kappa shape index (κ3) is 4.67. The van der Waals surface area contributed by atoms with Crippen LogP contribution in [0.3, 0.4) is 0 Å². The van der Waals surface area contributed by atoms with Gasteiger partial charge in [0, 0.05) is 11.1 Å². The van der Waals surface area contributed by atoms with E-state index in [-0.39, 0.29) is 11.8 Å². The number of aromatic nitrogens is 2. The van der Waals surface area contributed by atoms with Gasteiger partial charge in [-0.3, -0.25) is 4.79 Å². The second-order valence-corrected chi connectivity index (χ2v) is 7.94. The molecule has 1 amide bonds. The van der Waals surface area contributed by atoms with Gasteiger partial charge in [0.05, 0.1) is 25.5 Å². The van der Waals surface area contributed by atoms with Gasteiger partial charge in [-0.25, -0.2) is 0 Å². The van der Waals surface area contributed by atoms with Crippen molar-refractivity contribution in [2.24, 2.45) is 0 Å². The van der Waals surface area contributed by atoms with Gasteiger partial charge < -0.3 is 19.3 Å². The number of para-hydroxylation sites is 1. The Hall–Kier alpha value is -4.91. The second-order valence-electron chi connectivity index (χ2n) is 7.94. The highest BCUT2D eigenvalue weighted by Crippen LogP contribution is 2.33. The van der Waals surface area contributed by atoms with E-state index in [1.54, 1.807) is 32.4 Å². The fourth-order valence-corrected chi connectivity index (χ4v) is 3.84. The van der Waals surface area contributed by atoms with E-state index >= 15 is 0 Å². The molecule has 4 aromatic carbocycles. The molecule has 1 aromatic heterocycles. The van der Waals surface area contributed by atoms with E-state index in [0.717, 1.165) is 11.1 Å². The Labute approximate surface area is 208 Å². The molecule has 0 aliphatic carbocycles. The predicted molar refractivity (Wildman–Crippen MR) is 138 cm³/mol. The van der Waals surface area contributed by atoms with Gasteiger partial charge in [-0.1, -0.05) is 59.8 Å². The zero-order chi connectivity index (χ0) is 24.9. The molecule has 1 N–H and O–H groups in total. The maximum absolute atomic E-state index is 13.0. The van der Waals surface area contributed by atoms with Crippen LogP contribution in [0.25, 0.3) is 34.0 Å². The van der Waals surface area contributed by atoms with Crippen molar-refractivity contribution in [3.05, 3.63) is 103 Å². The van der Waals surface area contributed by atoms with E-state index in [0.29, 0.717) is 39.7 Å². The summed E-state index contributed by atoms with van der Waals surface area (Å²) in [4.78, 5) is 17.5. The summed E-state index contributed by atoms with van der Waals surface area (Å²) in [6.45, 7) is 0. The first-order valence-electron chi connectivity index (χ1n) is 11.3. The highest BCUT2D eigenvalue weighted by atomic mass is 16.5. The van der Waals surface area contributed by atoms with Crippen LogP contribution in [0, 0.1) is 0 Å². The average molecular weight is 478 g/mol. The number of benzene rings is 4. The van der Waals surface area contributed by atoms with Crippen LogP contribution in [-0.4, -0.2) is 30.3 Å². The minimum absolute atomic E-state index is 0.235. The van der Waals surface area contributed by atoms with Crippen LogP contribution in [0.2, 0.25) is 0 Å². The Kier molecular flexibility index (Phi) is 6.44. The molecule has 0 spiro atoms. The number of nitrogens with one attached hydrogen (secondary N) is 1. The maximum Gasteiger partial charge on any atom is 0.260 e. The smallest absolute Gasteiger partial charge is 0.260 e. The molecule has 0 bridgehead atoms. The monoisotopic (exact) mass is 477 g/mol. The first-order valence-corrected chi connectivity index (χ1v) is 11.3. The average Bonchev–Trinajstić information content (AvgIpc) is 3.44. The largest absolute Gasteiger partial charge is 0.493 e. The molecule has 1 heterocycles. The lowest BCUT2D eigenvalue weighted by molar-refractivity contribution is 0.102. The van der Waals surface area contributed by atoms with Crippen LogP contribution in [0.1, 0.15) is 10.4 Å². The first-order chi connectivity index (χ1) is 17.7. The van der Waals surface area contributed by atoms with Crippen LogP contribution in [-0.2, 0) is 0 Å². The molecule has 5 rings (SSSR count). The van der Waals surface area contributed by atoms with Crippen molar-refractivity contribution in [2.75, 3.05) is 19.5 Å². The van der Waals surface area contributed by atoms with Crippen molar-refractivity contribution >= 4 is 11.6 Å². The molecule has 0 radical (unpaired) electrons. The third-order valence-corrected chi connectivity index (χ3v) is 5.73. The van der Waals surface area contributed by atoms with Gasteiger partial charge in [0.15, 0.2) is 11.5 Å².